The summed E-state index contributed by atoms with van der Waals surface area (Å²) < 4.78 is 7.94. The Bertz CT molecular complexity index is 762. The molecule has 1 amide bonds. The van der Waals surface area contributed by atoms with Crippen LogP contribution < -0.4 is 5.73 Å². The van der Waals surface area contributed by atoms with E-state index in [2.05, 4.69) is 20.9 Å². The Kier molecular flexibility index (Phi) is 3.05. The molecule has 0 spiro atoms. The molecule has 3 N–H and O–H groups in total. The number of amides is 1. The molecule has 22 heavy (non-hydrogen) atoms. The Balaban J connectivity index is 1.85. The van der Waals surface area contributed by atoms with Crippen molar-refractivity contribution in [2.75, 3.05) is 18.9 Å². The van der Waals surface area contributed by atoms with E-state index in [1.807, 2.05) is 16.7 Å². The molecule has 7 nitrogen and oxygen atoms in total. The van der Waals surface area contributed by atoms with Crippen LogP contribution in [0.3, 0.4) is 0 Å². The number of nitrogen functional groups attached to an aromatic ring is 1. The summed E-state index contributed by atoms with van der Waals surface area (Å²) in [4.78, 5) is 17.8. The second-order valence-electron chi connectivity index (χ2n) is 5.75. The highest BCUT2D eigenvalue weighted by molar-refractivity contribution is 9.10. The van der Waals surface area contributed by atoms with Crippen LogP contribution in [0, 0.1) is 5.92 Å². The van der Waals surface area contributed by atoms with Crippen molar-refractivity contribution in [3.05, 3.63) is 28.8 Å². The summed E-state index contributed by atoms with van der Waals surface area (Å²) in [7, 11) is 0. The van der Waals surface area contributed by atoms with Crippen LogP contribution in [0.25, 0.3) is 5.52 Å². The van der Waals surface area contributed by atoms with E-state index >= 15 is 0 Å². The standard InChI is InChI=1S/C14H15BrN4O3/c15-12-11-8(16)2-1-3-18(11)13(17-12)9-4-7-5-22-6-10(7)19(9)14(20)21/h1-3,7,9-10H,4-6,16H2,(H,20,21)/t7?,9-,10?/m0/s1. The molecule has 0 saturated carbocycles. The zero-order valence-electron chi connectivity index (χ0n) is 11.6. The summed E-state index contributed by atoms with van der Waals surface area (Å²) in [6, 6.07) is 3.27. The first-order valence-corrected chi connectivity index (χ1v) is 7.88. The molecule has 8 heteroatoms. The molecule has 4 rings (SSSR count). The summed E-state index contributed by atoms with van der Waals surface area (Å²) in [5.41, 5.74) is 7.40. The third-order valence-corrected chi connectivity index (χ3v) is 5.14. The fraction of sp³-hybridized carbons (Fsp3) is 0.429. The van der Waals surface area contributed by atoms with Crippen molar-refractivity contribution in [3.63, 3.8) is 0 Å². The van der Waals surface area contributed by atoms with E-state index in [9.17, 15) is 9.90 Å². The van der Waals surface area contributed by atoms with Gasteiger partial charge in [-0.15, -0.1) is 0 Å². The summed E-state index contributed by atoms with van der Waals surface area (Å²) in [5.74, 6) is 0.930. The van der Waals surface area contributed by atoms with Crippen LogP contribution in [0.5, 0.6) is 0 Å². The number of pyridine rings is 1. The van der Waals surface area contributed by atoms with Gasteiger partial charge >= 0.3 is 6.09 Å². The van der Waals surface area contributed by atoms with E-state index in [0.717, 1.165) is 11.9 Å². The Morgan fingerprint density at radius 1 is 1.50 bits per heavy atom. The predicted octanol–water partition coefficient (Wildman–Crippen LogP) is 2.12. The molecular weight excluding hydrogens is 352 g/mol. The third-order valence-electron chi connectivity index (χ3n) is 4.58. The van der Waals surface area contributed by atoms with Crippen molar-refractivity contribution >= 4 is 33.2 Å². The number of nitrogens with zero attached hydrogens (tertiary/aromatic N) is 3. The van der Waals surface area contributed by atoms with E-state index in [0.29, 0.717) is 29.3 Å². The maximum atomic E-state index is 11.7. The predicted molar refractivity (Wildman–Crippen MR) is 82.6 cm³/mol. The molecule has 0 radical (unpaired) electrons. The second-order valence-corrected chi connectivity index (χ2v) is 6.50. The van der Waals surface area contributed by atoms with Gasteiger partial charge in [0.2, 0.25) is 0 Å². The second kappa shape index (κ2) is 4.85. The summed E-state index contributed by atoms with van der Waals surface area (Å²) in [6.45, 7) is 1.07. The van der Waals surface area contributed by atoms with Gasteiger partial charge in [0, 0.05) is 12.1 Å². The van der Waals surface area contributed by atoms with Gasteiger partial charge in [0.1, 0.15) is 15.9 Å². The van der Waals surface area contributed by atoms with Crippen molar-refractivity contribution in [2.24, 2.45) is 5.92 Å². The minimum Gasteiger partial charge on any atom is -0.465 e. The molecule has 2 fully saturated rings. The van der Waals surface area contributed by atoms with Crippen LogP contribution >= 0.6 is 15.9 Å². The lowest BCUT2D eigenvalue weighted by Gasteiger charge is -2.25. The number of anilines is 1. The molecule has 2 aromatic heterocycles. The van der Waals surface area contributed by atoms with Crippen molar-refractivity contribution in [3.8, 4) is 0 Å². The van der Waals surface area contributed by atoms with E-state index in [-0.39, 0.29) is 18.0 Å². The van der Waals surface area contributed by atoms with Gasteiger partial charge in [-0.25, -0.2) is 9.78 Å². The van der Waals surface area contributed by atoms with Gasteiger partial charge < -0.3 is 15.6 Å². The number of hydrogen-bond donors (Lipinski definition) is 2. The Hall–Kier alpha value is -1.80. The minimum absolute atomic E-state index is 0.0883. The smallest absolute Gasteiger partial charge is 0.408 e. The number of rotatable bonds is 1. The van der Waals surface area contributed by atoms with Crippen molar-refractivity contribution in [1.29, 1.82) is 0 Å². The summed E-state index contributed by atoms with van der Waals surface area (Å²) in [6.07, 6.45) is 1.65. The van der Waals surface area contributed by atoms with Gasteiger partial charge in [0.15, 0.2) is 0 Å². The topological polar surface area (TPSA) is 93.1 Å². The lowest BCUT2D eigenvalue weighted by atomic mass is 10.0. The zero-order chi connectivity index (χ0) is 15.4. The first kappa shape index (κ1) is 13.8. The number of fused-ring (bicyclic) bond motifs is 2. The number of imidazole rings is 1. The van der Waals surface area contributed by atoms with E-state index in [1.54, 1.807) is 6.07 Å². The molecular formula is C14H15BrN4O3. The number of likely N-dealkylation sites (tertiary alicyclic amines) is 1. The van der Waals surface area contributed by atoms with Crippen molar-refractivity contribution < 1.29 is 14.6 Å². The first-order valence-electron chi connectivity index (χ1n) is 7.09. The van der Waals surface area contributed by atoms with Crippen LogP contribution in [0.4, 0.5) is 10.5 Å². The van der Waals surface area contributed by atoms with Gasteiger partial charge in [-0.3, -0.25) is 9.30 Å². The normalized spacial score (nSPS) is 27.5. The van der Waals surface area contributed by atoms with E-state index in [4.69, 9.17) is 10.5 Å². The van der Waals surface area contributed by atoms with Crippen molar-refractivity contribution in [1.82, 2.24) is 14.3 Å². The number of ether oxygens (including phenoxy) is 1. The Morgan fingerprint density at radius 2 is 2.32 bits per heavy atom. The fourth-order valence-corrected chi connectivity index (χ4v) is 4.24. The highest BCUT2D eigenvalue weighted by Crippen LogP contribution is 2.43. The van der Waals surface area contributed by atoms with Crippen molar-refractivity contribution in [2.45, 2.75) is 18.5 Å². The first-order chi connectivity index (χ1) is 10.6. The van der Waals surface area contributed by atoms with Gasteiger partial charge in [-0.1, -0.05) is 0 Å². The number of aromatic nitrogens is 2. The average Bonchev–Trinajstić information content (AvgIpc) is 3.10. The molecule has 0 aromatic carbocycles. The molecule has 116 valence electrons. The lowest BCUT2D eigenvalue weighted by molar-refractivity contribution is 0.0978. The molecule has 0 bridgehead atoms. The van der Waals surface area contributed by atoms with E-state index < -0.39 is 6.09 Å². The highest BCUT2D eigenvalue weighted by Gasteiger charge is 2.49. The number of carbonyl (C=O) groups is 1. The largest absolute Gasteiger partial charge is 0.465 e. The van der Waals surface area contributed by atoms with E-state index in [1.165, 1.54) is 4.90 Å². The summed E-state index contributed by atoms with van der Waals surface area (Å²) >= 11 is 3.43. The quantitative estimate of drug-likeness (QED) is 0.806. The molecule has 2 saturated heterocycles. The molecule has 0 aliphatic carbocycles. The zero-order valence-corrected chi connectivity index (χ0v) is 13.2. The molecule has 2 aliphatic rings. The Labute approximate surface area is 134 Å². The maximum Gasteiger partial charge on any atom is 0.408 e. The Morgan fingerprint density at radius 3 is 3.09 bits per heavy atom. The van der Waals surface area contributed by atoms with Gasteiger partial charge in [0.05, 0.1) is 31.0 Å². The third kappa shape index (κ3) is 1.83. The molecule has 2 aliphatic heterocycles. The number of hydrogen-bond acceptors (Lipinski definition) is 4. The highest BCUT2D eigenvalue weighted by atomic mass is 79.9. The van der Waals surface area contributed by atoms with Crippen LogP contribution in [-0.4, -0.2) is 44.7 Å². The van der Waals surface area contributed by atoms with Gasteiger partial charge in [-0.2, -0.15) is 0 Å². The average molecular weight is 367 g/mol. The van der Waals surface area contributed by atoms with Crippen LogP contribution in [-0.2, 0) is 4.74 Å². The molecule has 2 unspecified atom stereocenters. The van der Waals surface area contributed by atoms with Crippen LogP contribution in [0.15, 0.2) is 22.9 Å². The fourth-order valence-electron chi connectivity index (χ4n) is 3.63. The molecule has 3 atom stereocenters. The van der Waals surface area contributed by atoms with Gasteiger partial charge in [-0.05, 0) is 34.5 Å². The number of nitrogens with two attached hydrogens (primary N) is 1. The van der Waals surface area contributed by atoms with Gasteiger partial charge in [0.25, 0.3) is 0 Å². The number of carboxylic acid groups (broad SMARTS) is 1. The molecule has 4 heterocycles. The SMILES string of the molecule is Nc1cccn2c([C@@H]3CC4COCC4N3C(=O)O)nc(Br)c12. The van der Waals surface area contributed by atoms with Crippen LogP contribution in [0.2, 0.25) is 0 Å². The minimum atomic E-state index is -0.931. The maximum absolute atomic E-state index is 11.7. The number of halogens is 1. The molecule has 2 aromatic rings. The summed E-state index contributed by atoms with van der Waals surface area (Å²) in [5, 5.41) is 9.62. The monoisotopic (exact) mass is 366 g/mol. The lowest BCUT2D eigenvalue weighted by Crippen LogP contribution is -2.39. The van der Waals surface area contributed by atoms with Crippen LogP contribution in [0.1, 0.15) is 18.3 Å².